The average molecular weight is 354 g/mol. The number of aromatic nitrogens is 2. The van der Waals surface area contributed by atoms with Gasteiger partial charge in [-0.1, -0.05) is 41.6 Å². The molecule has 0 unspecified atom stereocenters. The second-order valence-electron chi connectivity index (χ2n) is 6.64. The first kappa shape index (κ1) is 15.4. The summed E-state index contributed by atoms with van der Waals surface area (Å²) in [5.41, 5.74) is 0.443. The molecule has 0 atom stereocenters. The fourth-order valence-corrected chi connectivity index (χ4v) is 3.33. The maximum atomic E-state index is 13.7. The van der Waals surface area contributed by atoms with Gasteiger partial charge in [0.25, 0.3) is 5.71 Å². The van der Waals surface area contributed by atoms with E-state index in [4.69, 9.17) is 4.52 Å². The van der Waals surface area contributed by atoms with Crippen LogP contribution in [0.25, 0.3) is 33.1 Å². The topological polar surface area (TPSA) is 38.9 Å². The summed E-state index contributed by atoms with van der Waals surface area (Å²) in [5, 5.41) is 5.84. The van der Waals surface area contributed by atoms with E-state index in [-0.39, 0.29) is 22.7 Å². The lowest BCUT2D eigenvalue weighted by molar-refractivity contribution is -0.136. The van der Waals surface area contributed by atoms with E-state index in [1.165, 1.54) is 0 Å². The quantitative estimate of drug-likeness (QED) is 0.447. The maximum absolute atomic E-state index is 13.7. The van der Waals surface area contributed by atoms with Crippen molar-refractivity contribution in [1.29, 1.82) is 0 Å². The summed E-state index contributed by atoms with van der Waals surface area (Å²) in [6.45, 7) is 0. The molecule has 4 aromatic rings. The van der Waals surface area contributed by atoms with Crippen molar-refractivity contribution in [3.63, 3.8) is 0 Å². The van der Waals surface area contributed by atoms with Crippen LogP contribution in [0, 0.1) is 0 Å². The first-order chi connectivity index (χ1) is 12.5. The number of pyridine rings is 1. The molecule has 26 heavy (non-hydrogen) atoms. The molecule has 0 amide bonds. The molecule has 6 heteroatoms. The van der Waals surface area contributed by atoms with E-state index in [1.807, 2.05) is 36.4 Å². The lowest BCUT2D eigenvalue weighted by Crippen LogP contribution is -2.07. The van der Waals surface area contributed by atoms with Gasteiger partial charge < -0.3 is 4.52 Å². The van der Waals surface area contributed by atoms with Gasteiger partial charge in [0.1, 0.15) is 0 Å². The highest BCUT2D eigenvalue weighted by molar-refractivity contribution is 5.89. The molecule has 130 valence electrons. The highest BCUT2D eigenvalue weighted by Crippen LogP contribution is 2.46. The third-order valence-corrected chi connectivity index (χ3v) is 4.79. The summed E-state index contributed by atoms with van der Waals surface area (Å²) in [7, 11) is 0. The van der Waals surface area contributed by atoms with Crippen molar-refractivity contribution >= 4 is 21.9 Å². The van der Waals surface area contributed by atoms with Crippen LogP contribution in [0.1, 0.15) is 30.0 Å². The van der Waals surface area contributed by atoms with Gasteiger partial charge in [0, 0.05) is 11.5 Å². The van der Waals surface area contributed by atoms with Gasteiger partial charge in [0.15, 0.2) is 0 Å². The summed E-state index contributed by atoms with van der Waals surface area (Å²) in [6, 6.07) is 14.3. The Morgan fingerprint density at radius 3 is 2.46 bits per heavy atom. The Bertz CT molecular complexity index is 1140. The molecule has 2 aromatic heterocycles. The summed E-state index contributed by atoms with van der Waals surface area (Å²) in [5.74, 6) is 0.0469. The number of alkyl halides is 3. The lowest BCUT2D eigenvalue weighted by Gasteiger charge is -2.11. The van der Waals surface area contributed by atoms with E-state index in [0.29, 0.717) is 11.3 Å². The molecule has 2 aromatic carbocycles. The minimum atomic E-state index is -4.50. The molecule has 1 aliphatic rings. The van der Waals surface area contributed by atoms with Gasteiger partial charge in [-0.3, -0.25) is 0 Å². The predicted octanol–water partition coefficient (Wildman–Crippen LogP) is 5.94. The predicted molar refractivity (Wildman–Crippen MR) is 91.7 cm³/mol. The van der Waals surface area contributed by atoms with Crippen LogP contribution in [0.3, 0.4) is 0 Å². The van der Waals surface area contributed by atoms with Gasteiger partial charge in [0.2, 0.25) is 0 Å². The van der Waals surface area contributed by atoms with E-state index < -0.39 is 11.7 Å². The molecule has 1 fully saturated rings. The summed E-state index contributed by atoms with van der Waals surface area (Å²) >= 11 is 0. The Labute approximate surface area is 146 Å². The van der Waals surface area contributed by atoms with Gasteiger partial charge in [-0.05, 0) is 35.7 Å². The highest BCUT2D eigenvalue weighted by Gasteiger charge is 2.39. The fraction of sp³-hybridized carbons (Fsp3) is 0.200. The van der Waals surface area contributed by atoms with Gasteiger partial charge in [-0.2, -0.15) is 13.2 Å². The average Bonchev–Trinajstić information content (AvgIpc) is 3.38. The van der Waals surface area contributed by atoms with Crippen molar-refractivity contribution in [2.45, 2.75) is 24.9 Å². The Morgan fingerprint density at radius 2 is 1.73 bits per heavy atom. The number of fused-ring (bicyclic) bond motifs is 2. The van der Waals surface area contributed by atoms with Crippen molar-refractivity contribution < 1.29 is 17.7 Å². The largest absolute Gasteiger partial charge is 0.417 e. The van der Waals surface area contributed by atoms with Crippen LogP contribution in [0.2, 0.25) is 0 Å². The maximum Gasteiger partial charge on any atom is 0.417 e. The van der Waals surface area contributed by atoms with Crippen LogP contribution in [0.5, 0.6) is 0 Å². The zero-order valence-corrected chi connectivity index (χ0v) is 13.5. The van der Waals surface area contributed by atoms with E-state index >= 15 is 0 Å². The van der Waals surface area contributed by atoms with Crippen molar-refractivity contribution in [2.75, 3.05) is 0 Å². The van der Waals surface area contributed by atoms with Crippen LogP contribution >= 0.6 is 0 Å². The first-order valence-electron chi connectivity index (χ1n) is 8.37. The second-order valence-corrected chi connectivity index (χ2v) is 6.64. The zero-order chi connectivity index (χ0) is 17.9. The normalized spacial score (nSPS) is 15.0. The zero-order valence-electron chi connectivity index (χ0n) is 13.5. The van der Waals surface area contributed by atoms with Crippen LogP contribution < -0.4 is 0 Å². The Morgan fingerprint density at radius 1 is 0.962 bits per heavy atom. The minimum Gasteiger partial charge on any atom is -0.335 e. The van der Waals surface area contributed by atoms with E-state index in [9.17, 15) is 13.2 Å². The van der Waals surface area contributed by atoms with Crippen LogP contribution in [-0.4, -0.2) is 10.1 Å². The minimum absolute atomic E-state index is 0.00420. The van der Waals surface area contributed by atoms with E-state index in [0.717, 1.165) is 29.7 Å². The van der Waals surface area contributed by atoms with Crippen molar-refractivity contribution in [3.8, 4) is 11.3 Å². The van der Waals surface area contributed by atoms with Crippen LogP contribution in [-0.2, 0) is 6.18 Å². The Kier molecular flexibility index (Phi) is 3.13. The second kappa shape index (κ2) is 5.30. The number of rotatable bonds is 2. The fourth-order valence-electron chi connectivity index (χ4n) is 3.33. The number of hydrogen-bond acceptors (Lipinski definition) is 3. The molecule has 5 rings (SSSR count). The summed E-state index contributed by atoms with van der Waals surface area (Å²) in [6.07, 6.45) is -2.82. The van der Waals surface area contributed by atoms with Crippen molar-refractivity contribution in [1.82, 2.24) is 10.1 Å². The van der Waals surface area contributed by atoms with Gasteiger partial charge >= 0.3 is 6.18 Å². The molecule has 0 bridgehead atoms. The number of halogens is 3. The third kappa shape index (κ3) is 2.44. The molecule has 0 spiro atoms. The molecule has 0 aliphatic heterocycles. The standard InChI is InChI=1S/C20H13F3N2O/c21-20(22,23)15-10-16(14-8-5-11-3-1-2-4-13(11)9-14)24-19-17(15)18(25-26-19)12-6-7-12/h1-5,8-10,12H,6-7H2. The first-order valence-corrected chi connectivity index (χ1v) is 8.37. The van der Waals surface area contributed by atoms with E-state index in [1.54, 1.807) is 6.07 Å². The van der Waals surface area contributed by atoms with Crippen molar-refractivity contribution in [2.24, 2.45) is 0 Å². The lowest BCUT2D eigenvalue weighted by atomic mass is 10.0. The molecular weight excluding hydrogens is 341 g/mol. The Balaban J connectivity index is 1.75. The molecule has 0 radical (unpaired) electrons. The molecule has 0 N–H and O–H groups in total. The molecular formula is C20H13F3N2O. The van der Waals surface area contributed by atoms with Gasteiger partial charge in [0.05, 0.1) is 22.3 Å². The Hall–Kier alpha value is -2.89. The third-order valence-electron chi connectivity index (χ3n) is 4.79. The number of benzene rings is 2. The summed E-state index contributed by atoms with van der Waals surface area (Å²) in [4.78, 5) is 4.33. The molecule has 1 aliphatic carbocycles. The number of hydrogen-bond donors (Lipinski definition) is 0. The van der Waals surface area contributed by atoms with Crippen LogP contribution in [0.4, 0.5) is 13.2 Å². The molecule has 3 nitrogen and oxygen atoms in total. The number of nitrogens with zero attached hydrogens (tertiary/aromatic N) is 2. The van der Waals surface area contributed by atoms with E-state index in [2.05, 4.69) is 10.1 Å². The molecule has 2 heterocycles. The summed E-state index contributed by atoms with van der Waals surface area (Å²) < 4.78 is 46.3. The van der Waals surface area contributed by atoms with Crippen LogP contribution in [0.15, 0.2) is 53.1 Å². The molecule has 0 saturated heterocycles. The monoisotopic (exact) mass is 354 g/mol. The van der Waals surface area contributed by atoms with Crippen molar-refractivity contribution in [3.05, 3.63) is 59.8 Å². The smallest absolute Gasteiger partial charge is 0.335 e. The SMILES string of the molecule is FC(F)(F)c1cc(-c2ccc3ccccc3c2)nc2onc(C3CC3)c12. The van der Waals surface area contributed by atoms with Gasteiger partial charge in [-0.25, -0.2) is 4.98 Å². The van der Waals surface area contributed by atoms with Gasteiger partial charge in [-0.15, -0.1) is 0 Å². The highest BCUT2D eigenvalue weighted by atomic mass is 19.4. The molecule has 1 saturated carbocycles.